The Morgan fingerprint density at radius 3 is 2.59 bits per heavy atom. The molecule has 0 spiro atoms. The van der Waals surface area contributed by atoms with E-state index in [1.165, 1.54) is 0 Å². The Labute approximate surface area is 105 Å². The Balaban J connectivity index is 3.09. The van der Waals surface area contributed by atoms with Crippen molar-refractivity contribution in [2.75, 3.05) is 5.32 Å². The van der Waals surface area contributed by atoms with Crippen LogP contribution in [0.1, 0.15) is 13.8 Å². The van der Waals surface area contributed by atoms with Gasteiger partial charge in [-0.1, -0.05) is 15.9 Å². The smallest absolute Gasteiger partial charge is 0.292 e. The summed E-state index contributed by atoms with van der Waals surface area (Å²) in [6.45, 7) is 3.15. The standard InChI is InChI=1S/C10H10BrFN2O3/c1-10(2,11)9(15)13-7-5-6(12)3-4-8(7)14(16)17/h3-5H,1-2H3,(H,13,15). The molecule has 1 N–H and O–H groups in total. The van der Waals surface area contributed by atoms with E-state index in [2.05, 4.69) is 21.2 Å². The Bertz CT molecular complexity index is 471. The van der Waals surface area contributed by atoms with E-state index in [9.17, 15) is 19.3 Å². The number of alkyl halides is 1. The first-order valence-corrected chi connectivity index (χ1v) is 5.45. The summed E-state index contributed by atoms with van der Waals surface area (Å²) in [7, 11) is 0. The first-order chi connectivity index (χ1) is 7.71. The molecule has 0 aliphatic rings. The van der Waals surface area contributed by atoms with Gasteiger partial charge in [0.05, 0.1) is 9.25 Å². The summed E-state index contributed by atoms with van der Waals surface area (Å²) in [5, 5.41) is 13.0. The van der Waals surface area contributed by atoms with Crippen molar-refractivity contribution in [1.82, 2.24) is 0 Å². The van der Waals surface area contributed by atoms with Crippen molar-refractivity contribution in [3.8, 4) is 0 Å². The largest absolute Gasteiger partial charge is 0.319 e. The van der Waals surface area contributed by atoms with Gasteiger partial charge in [0.1, 0.15) is 11.5 Å². The van der Waals surface area contributed by atoms with Gasteiger partial charge in [-0.25, -0.2) is 4.39 Å². The summed E-state index contributed by atoms with van der Waals surface area (Å²) in [6, 6.07) is 2.88. The number of rotatable bonds is 3. The van der Waals surface area contributed by atoms with Crippen molar-refractivity contribution >= 4 is 33.2 Å². The minimum atomic E-state index is -0.896. The molecule has 0 fully saturated rings. The molecule has 7 heteroatoms. The lowest BCUT2D eigenvalue weighted by Crippen LogP contribution is -2.31. The van der Waals surface area contributed by atoms with E-state index in [0.29, 0.717) is 0 Å². The topological polar surface area (TPSA) is 72.2 Å². The van der Waals surface area contributed by atoms with E-state index in [1.54, 1.807) is 13.8 Å². The zero-order valence-corrected chi connectivity index (χ0v) is 10.7. The fourth-order valence-electron chi connectivity index (χ4n) is 1.04. The number of halogens is 2. The van der Waals surface area contributed by atoms with Crippen LogP contribution in [0.5, 0.6) is 0 Å². The minimum absolute atomic E-state index is 0.160. The number of benzene rings is 1. The van der Waals surface area contributed by atoms with Crippen LogP contribution in [0.25, 0.3) is 0 Å². The highest BCUT2D eigenvalue weighted by Crippen LogP contribution is 2.27. The van der Waals surface area contributed by atoms with Crippen molar-refractivity contribution in [2.24, 2.45) is 0 Å². The molecule has 0 aliphatic heterocycles. The van der Waals surface area contributed by atoms with Gasteiger partial charge in [-0.2, -0.15) is 0 Å². The third kappa shape index (κ3) is 3.48. The van der Waals surface area contributed by atoms with Crippen LogP contribution < -0.4 is 5.32 Å². The maximum Gasteiger partial charge on any atom is 0.292 e. The molecule has 0 saturated heterocycles. The van der Waals surface area contributed by atoms with Gasteiger partial charge >= 0.3 is 0 Å². The summed E-state index contributed by atoms with van der Waals surface area (Å²) in [4.78, 5) is 21.6. The lowest BCUT2D eigenvalue weighted by molar-refractivity contribution is -0.384. The molecule has 0 bridgehead atoms. The maximum absolute atomic E-state index is 13.0. The SMILES string of the molecule is CC(C)(Br)C(=O)Nc1cc(F)ccc1[N+](=O)[O-]. The number of nitrogens with zero attached hydrogens (tertiary/aromatic N) is 1. The number of hydrogen-bond donors (Lipinski definition) is 1. The molecular formula is C10H10BrFN2O3. The van der Waals surface area contributed by atoms with E-state index in [1.807, 2.05) is 0 Å². The molecule has 1 amide bonds. The molecule has 1 aromatic carbocycles. The second-order valence-electron chi connectivity index (χ2n) is 3.85. The summed E-state index contributed by atoms with van der Waals surface area (Å²) in [5.74, 6) is -1.15. The van der Waals surface area contributed by atoms with Gasteiger partial charge in [-0.05, 0) is 19.9 Å². The van der Waals surface area contributed by atoms with Crippen LogP contribution in [0.2, 0.25) is 0 Å². The highest BCUT2D eigenvalue weighted by atomic mass is 79.9. The van der Waals surface area contributed by atoms with E-state index >= 15 is 0 Å². The van der Waals surface area contributed by atoms with Crippen LogP contribution in [-0.4, -0.2) is 15.2 Å². The molecule has 0 unspecified atom stereocenters. The third-order valence-corrected chi connectivity index (χ3v) is 2.30. The summed E-state index contributed by atoms with van der Waals surface area (Å²) in [6.07, 6.45) is 0. The number of carbonyl (C=O) groups excluding carboxylic acids is 1. The highest BCUT2D eigenvalue weighted by molar-refractivity contribution is 9.10. The number of amides is 1. The molecule has 1 rings (SSSR count). The summed E-state index contributed by atoms with van der Waals surface area (Å²) >= 11 is 3.11. The zero-order chi connectivity index (χ0) is 13.2. The number of hydrogen-bond acceptors (Lipinski definition) is 3. The number of nitrogens with one attached hydrogen (secondary N) is 1. The minimum Gasteiger partial charge on any atom is -0.319 e. The Hall–Kier alpha value is -1.50. The summed E-state index contributed by atoms with van der Waals surface area (Å²) < 4.78 is 12.1. The van der Waals surface area contributed by atoms with Crippen LogP contribution in [0.3, 0.4) is 0 Å². The van der Waals surface area contributed by atoms with E-state index in [-0.39, 0.29) is 11.4 Å². The molecule has 92 valence electrons. The number of nitro benzene ring substituents is 1. The normalized spacial score (nSPS) is 11.1. The van der Waals surface area contributed by atoms with Crippen molar-refractivity contribution in [3.05, 3.63) is 34.1 Å². The molecule has 0 atom stereocenters. The molecular weight excluding hydrogens is 295 g/mol. The van der Waals surface area contributed by atoms with Gasteiger partial charge in [-0.3, -0.25) is 14.9 Å². The van der Waals surface area contributed by atoms with Gasteiger partial charge in [0.15, 0.2) is 0 Å². The quantitative estimate of drug-likeness (QED) is 0.530. The molecule has 0 saturated carbocycles. The molecule has 1 aromatic rings. The first-order valence-electron chi connectivity index (χ1n) is 4.66. The Morgan fingerprint density at radius 2 is 2.12 bits per heavy atom. The van der Waals surface area contributed by atoms with Gasteiger partial charge in [0.2, 0.25) is 5.91 Å². The fraction of sp³-hybridized carbons (Fsp3) is 0.300. The predicted octanol–water partition coefficient (Wildman–Crippen LogP) is 2.85. The Morgan fingerprint density at radius 1 is 1.53 bits per heavy atom. The number of nitro groups is 1. The lowest BCUT2D eigenvalue weighted by atomic mass is 10.2. The average Bonchev–Trinajstić information content (AvgIpc) is 2.15. The van der Waals surface area contributed by atoms with Crippen LogP contribution in [0.4, 0.5) is 15.8 Å². The summed E-state index contributed by atoms with van der Waals surface area (Å²) in [5.41, 5.74) is -0.510. The number of carbonyl (C=O) groups is 1. The van der Waals surface area contributed by atoms with Crippen molar-refractivity contribution in [2.45, 2.75) is 18.2 Å². The third-order valence-electron chi connectivity index (χ3n) is 1.94. The van der Waals surface area contributed by atoms with Crippen molar-refractivity contribution < 1.29 is 14.1 Å². The second kappa shape index (κ2) is 4.79. The molecule has 0 aliphatic carbocycles. The van der Waals surface area contributed by atoms with E-state index in [4.69, 9.17) is 0 Å². The van der Waals surface area contributed by atoms with Crippen molar-refractivity contribution in [3.63, 3.8) is 0 Å². The molecule has 0 aromatic heterocycles. The van der Waals surface area contributed by atoms with Crippen LogP contribution in [0, 0.1) is 15.9 Å². The van der Waals surface area contributed by atoms with Gasteiger partial charge < -0.3 is 5.32 Å². The van der Waals surface area contributed by atoms with E-state index in [0.717, 1.165) is 18.2 Å². The van der Waals surface area contributed by atoms with Crippen LogP contribution >= 0.6 is 15.9 Å². The van der Waals surface area contributed by atoms with Crippen LogP contribution in [0.15, 0.2) is 18.2 Å². The highest BCUT2D eigenvalue weighted by Gasteiger charge is 2.26. The second-order valence-corrected chi connectivity index (χ2v) is 5.83. The van der Waals surface area contributed by atoms with Crippen molar-refractivity contribution in [1.29, 1.82) is 0 Å². The molecule has 5 nitrogen and oxygen atoms in total. The number of anilines is 1. The molecule has 0 radical (unpaired) electrons. The average molecular weight is 305 g/mol. The molecule has 0 heterocycles. The first kappa shape index (κ1) is 13.6. The fourth-order valence-corrected chi connectivity index (χ4v) is 1.14. The van der Waals surface area contributed by atoms with Gasteiger partial charge in [0.25, 0.3) is 5.69 Å². The lowest BCUT2D eigenvalue weighted by Gasteiger charge is -2.15. The molecule has 17 heavy (non-hydrogen) atoms. The monoisotopic (exact) mass is 304 g/mol. The van der Waals surface area contributed by atoms with Gasteiger partial charge in [0, 0.05) is 12.1 Å². The zero-order valence-electron chi connectivity index (χ0n) is 9.16. The predicted molar refractivity (Wildman–Crippen MR) is 64.7 cm³/mol. The maximum atomic E-state index is 13.0. The van der Waals surface area contributed by atoms with E-state index < -0.39 is 21.0 Å². The van der Waals surface area contributed by atoms with Gasteiger partial charge in [-0.15, -0.1) is 0 Å². The Kier molecular flexibility index (Phi) is 3.82. The van der Waals surface area contributed by atoms with Crippen LogP contribution in [-0.2, 0) is 4.79 Å².